The van der Waals surface area contributed by atoms with Crippen molar-refractivity contribution < 1.29 is 0 Å². The largest absolute Gasteiger partial charge is 0.339 e. The number of aromatic nitrogens is 3. The van der Waals surface area contributed by atoms with Crippen LogP contribution in [0.3, 0.4) is 0 Å². The molecule has 104 valence electrons. The van der Waals surface area contributed by atoms with Gasteiger partial charge in [0.1, 0.15) is 0 Å². The third-order valence-electron chi connectivity index (χ3n) is 3.13. The number of hydrogen-bond acceptors (Lipinski definition) is 5. The molecule has 7 heteroatoms. The summed E-state index contributed by atoms with van der Waals surface area (Å²) in [5, 5.41) is 12.3. The minimum atomic E-state index is 0.541. The minimum Gasteiger partial charge on any atom is -0.339 e. The highest BCUT2D eigenvalue weighted by Gasteiger charge is 2.15. The number of anilines is 3. The molecule has 5 nitrogen and oxygen atoms in total. The Balaban J connectivity index is 1.81. The van der Waals surface area contributed by atoms with Crippen LogP contribution < -0.4 is 10.2 Å². The molecule has 1 fully saturated rings. The second-order valence-corrected chi connectivity index (χ2v) is 5.43. The number of hydrogen-bond donors (Lipinski definition) is 1. The summed E-state index contributed by atoms with van der Waals surface area (Å²) in [5.74, 6) is 1.27. The van der Waals surface area contributed by atoms with Crippen LogP contribution in [0.15, 0.2) is 24.4 Å². The first-order valence-electron chi connectivity index (χ1n) is 6.39. The van der Waals surface area contributed by atoms with Crippen molar-refractivity contribution >= 4 is 40.7 Å². The van der Waals surface area contributed by atoms with Crippen molar-refractivity contribution in [3.05, 3.63) is 34.4 Å². The molecular formula is C13H13Cl2N5. The fourth-order valence-corrected chi connectivity index (χ4v) is 2.59. The van der Waals surface area contributed by atoms with Gasteiger partial charge in [0.05, 0.1) is 16.9 Å². The summed E-state index contributed by atoms with van der Waals surface area (Å²) >= 11 is 12.0. The van der Waals surface area contributed by atoms with Gasteiger partial charge in [0.15, 0.2) is 5.82 Å². The highest BCUT2D eigenvalue weighted by Crippen LogP contribution is 2.27. The van der Waals surface area contributed by atoms with Crippen LogP contribution in [-0.2, 0) is 0 Å². The van der Waals surface area contributed by atoms with Gasteiger partial charge in [0, 0.05) is 18.1 Å². The first kappa shape index (κ1) is 13.4. The summed E-state index contributed by atoms with van der Waals surface area (Å²) in [7, 11) is 0. The van der Waals surface area contributed by atoms with E-state index < -0.39 is 0 Å². The fraction of sp³-hybridized carbons (Fsp3) is 0.308. The molecule has 2 heterocycles. The van der Waals surface area contributed by atoms with E-state index in [1.807, 2.05) is 6.07 Å². The molecule has 1 aromatic heterocycles. The van der Waals surface area contributed by atoms with Gasteiger partial charge in [-0.1, -0.05) is 23.2 Å². The van der Waals surface area contributed by atoms with Crippen LogP contribution in [0.2, 0.25) is 10.0 Å². The molecule has 1 aliphatic heterocycles. The molecule has 0 amide bonds. The Morgan fingerprint density at radius 1 is 1.15 bits per heavy atom. The second-order valence-electron chi connectivity index (χ2n) is 4.58. The van der Waals surface area contributed by atoms with E-state index in [2.05, 4.69) is 25.4 Å². The maximum absolute atomic E-state index is 6.13. The average Bonchev–Trinajstić information content (AvgIpc) is 2.96. The van der Waals surface area contributed by atoms with E-state index in [4.69, 9.17) is 23.2 Å². The van der Waals surface area contributed by atoms with Gasteiger partial charge in [-0.25, -0.2) is 0 Å². The van der Waals surface area contributed by atoms with Gasteiger partial charge < -0.3 is 10.2 Å². The van der Waals surface area contributed by atoms with E-state index in [1.165, 1.54) is 12.8 Å². The van der Waals surface area contributed by atoms with Crippen molar-refractivity contribution in [3.63, 3.8) is 0 Å². The first-order valence-corrected chi connectivity index (χ1v) is 7.15. The molecule has 1 aromatic carbocycles. The predicted octanol–water partition coefficient (Wildman–Crippen LogP) is 3.52. The Hall–Kier alpha value is -1.59. The lowest BCUT2D eigenvalue weighted by Crippen LogP contribution is -2.21. The number of rotatable bonds is 3. The standard InChI is InChI=1S/C13H13Cl2N5/c14-9-3-4-11(10(15)7-9)17-12-8-16-19-13(18-12)20-5-1-2-6-20/h3-4,7-8H,1-2,5-6H2,(H,17,18,19). The molecule has 1 saturated heterocycles. The quantitative estimate of drug-likeness (QED) is 0.940. The van der Waals surface area contributed by atoms with E-state index in [0.29, 0.717) is 21.8 Å². The number of halogens is 2. The second kappa shape index (κ2) is 5.81. The van der Waals surface area contributed by atoms with Crippen LogP contribution in [0, 0.1) is 0 Å². The Labute approximate surface area is 126 Å². The molecule has 1 aliphatic rings. The summed E-state index contributed by atoms with van der Waals surface area (Å²) in [6.07, 6.45) is 3.92. The maximum Gasteiger partial charge on any atom is 0.247 e. The molecule has 0 bridgehead atoms. The molecule has 1 N–H and O–H groups in total. The lowest BCUT2D eigenvalue weighted by Gasteiger charge is -2.15. The topological polar surface area (TPSA) is 53.9 Å². The first-order chi connectivity index (χ1) is 9.72. The van der Waals surface area contributed by atoms with Crippen LogP contribution in [0.5, 0.6) is 0 Å². The van der Waals surface area contributed by atoms with Crippen molar-refractivity contribution in [2.24, 2.45) is 0 Å². The van der Waals surface area contributed by atoms with Gasteiger partial charge in [-0.2, -0.15) is 10.1 Å². The Morgan fingerprint density at radius 3 is 2.70 bits per heavy atom. The molecule has 0 spiro atoms. The van der Waals surface area contributed by atoms with Crippen molar-refractivity contribution in [2.45, 2.75) is 12.8 Å². The van der Waals surface area contributed by atoms with Crippen molar-refractivity contribution in [1.82, 2.24) is 15.2 Å². The maximum atomic E-state index is 6.13. The smallest absolute Gasteiger partial charge is 0.247 e. The number of nitrogens with one attached hydrogen (secondary N) is 1. The van der Waals surface area contributed by atoms with Crippen LogP contribution >= 0.6 is 23.2 Å². The van der Waals surface area contributed by atoms with Crippen molar-refractivity contribution in [1.29, 1.82) is 0 Å². The molecule has 0 saturated carbocycles. The third-order valence-corrected chi connectivity index (χ3v) is 3.68. The van der Waals surface area contributed by atoms with E-state index in [9.17, 15) is 0 Å². The minimum absolute atomic E-state index is 0.541. The molecule has 3 rings (SSSR count). The normalized spacial score (nSPS) is 14.6. The Bertz CT molecular complexity index is 613. The Kier molecular flexibility index (Phi) is 3.89. The summed E-state index contributed by atoms with van der Waals surface area (Å²) < 4.78 is 0. The van der Waals surface area contributed by atoms with Gasteiger partial charge in [-0.05, 0) is 31.0 Å². The SMILES string of the molecule is Clc1ccc(Nc2cnnc(N3CCCC3)n2)c(Cl)c1. The monoisotopic (exact) mass is 309 g/mol. The van der Waals surface area contributed by atoms with Crippen molar-refractivity contribution in [2.75, 3.05) is 23.3 Å². The van der Waals surface area contributed by atoms with Gasteiger partial charge in [0.25, 0.3) is 0 Å². The van der Waals surface area contributed by atoms with E-state index in [0.717, 1.165) is 18.8 Å². The lowest BCUT2D eigenvalue weighted by atomic mass is 10.3. The zero-order valence-electron chi connectivity index (χ0n) is 10.7. The predicted molar refractivity (Wildman–Crippen MR) is 81.0 cm³/mol. The molecule has 0 atom stereocenters. The van der Waals surface area contributed by atoms with Crippen molar-refractivity contribution in [3.8, 4) is 0 Å². The molecular weight excluding hydrogens is 297 g/mol. The molecule has 20 heavy (non-hydrogen) atoms. The lowest BCUT2D eigenvalue weighted by molar-refractivity contribution is 0.852. The van der Waals surface area contributed by atoms with Gasteiger partial charge in [0.2, 0.25) is 5.95 Å². The van der Waals surface area contributed by atoms with Gasteiger partial charge in [-0.15, -0.1) is 5.10 Å². The Morgan fingerprint density at radius 2 is 1.95 bits per heavy atom. The molecule has 0 unspecified atom stereocenters. The van der Waals surface area contributed by atoms with Crippen LogP contribution in [0.4, 0.5) is 17.5 Å². The van der Waals surface area contributed by atoms with Crippen LogP contribution in [0.1, 0.15) is 12.8 Å². The number of nitrogens with zero attached hydrogens (tertiary/aromatic N) is 4. The zero-order chi connectivity index (χ0) is 13.9. The number of benzene rings is 1. The molecule has 0 radical (unpaired) electrons. The van der Waals surface area contributed by atoms with E-state index in [1.54, 1.807) is 18.3 Å². The summed E-state index contributed by atoms with van der Waals surface area (Å²) in [6.45, 7) is 1.96. The molecule has 2 aromatic rings. The average molecular weight is 310 g/mol. The summed E-state index contributed by atoms with van der Waals surface area (Å²) in [5.41, 5.74) is 0.740. The highest BCUT2D eigenvalue weighted by molar-refractivity contribution is 6.36. The van der Waals surface area contributed by atoms with Gasteiger partial charge in [-0.3, -0.25) is 0 Å². The van der Waals surface area contributed by atoms with Crippen LogP contribution in [0.25, 0.3) is 0 Å². The fourth-order valence-electron chi connectivity index (χ4n) is 2.13. The third kappa shape index (κ3) is 2.94. The van der Waals surface area contributed by atoms with E-state index in [-0.39, 0.29) is 0 Å². The van der Waals surface area contributed by atoms with Crippen LogP contribution in [-0.4, -0.2) is 28.3 Å². The zero-order valence-corrected chi connectivity index (χ0v) is 12.2. The van der Waals surface area contributed by atoms with Gasteiger partial charge >= 0.3 is 0 Å². The highest BCUT2D eigenvalue weighted by atomic mass is 35.5. The summed E-state index contributed by atoms with van der Waals surface area (Å²) in [4.78, 5) is 6.59. The summed E-state index contributed by atoms with van der Waals surface area (Å²) in [6, 6.07) is 5.26. The van der Waals surface area contributed by atoms with E-state index >= 15 is 0 Å². The molecule has 0 aliphatic carbocycles.